The molecule has 0 radical (unpaired) electrons. The van der Waals surface area contributed by atoms with Gasteiger partial charge in [-0.15, -0.1) is 0 Å². The Labute approximate surface area is 193 Å². The van der Waals surface area contributed by atoms with E-state index in [-0.39, 0.29) is 29.2 Å². The van der Waals surface area contributed by atoms with Crippen LogP contribution in [0, 0.1) is 31.6 Å². The zero-order chi connectivity index (χ0) is 23.7. The first-order valence-electron chi connectivity index (χ1n) is 11.3. The minimum absolute atomic E-state index is 0.157. The summed E-state index contributed by atoms with van der Waals surface area (Å²) >= 11 is 0. The summed E-state index contributed by atoms with van der Waals surface area (Å²) < 4.78 is 5.12. The number of carbonyl (C=O) groups is 4. The monoisotopic (exact) mass is 448 g/mol. The van der Waals surface area contributed by atoms with Crippen LogP contribution in [0.5, 0.6) is 0 Å². The van der Waals surface area contributed by atoms with Crippen molar-refractivity contribution in [1.82, 2.24) is 0 Å². The van der Waals surface area contributed by atoms with Crippen molar-refractivity contribution in [2.75, 3.05) is 16.8 Å². The molecule has 3 atom stereocenters. The molecule has 172 valence electrons. The van der Waals surface area contributed by atoms with Crippen LogP contribution in [0.2, 0.25) is 0 Å². The summed E-state index contributed by atoms with van der Waals surface area (Å²) in [5, 5.41) is 2.73. The van der Waals surface area contributed by atoms with Crippen LogP contribution in [0.1, 0.15) is 47.7 Å². The van der Waals surface area contributed by atoms with Gasteiger partial charge in [-0.1, -0.05) is 24.6 Å². The lowest BCUT2D eigenvalue weighted by atomic mass is 9.76. The van der Waals surface area contributed by atoms with Gasteiger partial charge in [-0.2, -0.15) is 0 Å². The first-order chi connectivity index (χ1) is 15.7. The zero-order valence-corrected chi connectivity index (χ0v) is 19.1. The van der Waals surface area contributed by atoms with Gasteiger partial charge < -0.3 is 10.1 Å². The Hall–Kier alpha value is -3.48. The van der Waals surface area contributed by atoms with Crippen molar-refractivity contribution in [3.63, 3.8) is 0 Å². The first kappa shape index (κ1) is 22.7. The standard InChI is InChI=1S/C26H28N2O5/c1-15-5-11-22(17(3)12-15)27-23(29)14-33-26(32)18-6-8-19(9-7-18)28-24(30)20-10-4-16(2)13-21(20)25(28)31/h5-9,11-12,16,20-21H,4,10,13-14H2,1-3H3,(H,27,29)/t16-,20+,21+/m0/s1. The number of esters is 1. The van der Waals surface area contributed by atoms with E-state index in [1.165, 1.54) is 17.0 Å². The van der Waals surface area contributed by atoms with Gasteiger partial charge in [0.05, 0.1) is 23.1 Å². The normalized spacial score (nSPS) is 22.2. The van der Waals surface area contributed by atoms with Gasteiger partial charge in [-0.25, -0.2) is 4.79 Å². The van der Waals surface area contributed by atoms with Gasteiger partial charge in [0.15, 0.2) is 6.61 Å². The van der Waals surface area contributed by atoms with Crippen molar-refractivity contribution >= 4 is 35.1 Å². The summed E-state index contributed by atoms with van der Waals surface area (Å²) in [4.78, 5) is 51.4. The summed E-state index contributed by atoms with van der Waals surface area (Å²) in [6, 6.07) is 11.8. The molecular formula is C26H28N2O5. The fourth-order valence-corrected chi connectivity index (χ4v) is 4.75. The van der Waals surface area contributed by atoms with E-state index in [4.69, 9.17) is 4.74 Å². The van der Waals surface area contributed by atoms with Crippen molar-refractivity contribution in [3.05, 3.63) is 59.2 Å². The molecular weight excluding hydrogens is 420 g/mol. The molecule has 2 fully saturated rings. The van der Waals surface area contributed by atoms with Crippen LogP contribution in [0.4, 0.5) is 11.4 Å². The van der Waals surface area contributed by atoms with Crippen molar-refractivity contribution in [2.45, 2.75) is 40.0 Å². The maximum atomic E-state index is 12.9. The van der Waals surface area contributed by atoms with Crippen LogP contribution < -0.4 is 10.2 Å². The molecule has 0 aromatic heterocycles. The molecule has 1 aliphatic heterocycles. The average Bonchev–Trinajstić information content (AvgIpc) is 3.03. The van der Waals surface area contributed by atoms with Crippen LogP contribution in [0.3, 0.4) is 0 Å². The Morgan fingerprint density at radius 1 is 1.00 bits per heavy atom. The lowest BCUT2D eigenvalue weighted by Gasteiger charge is -2.25. The van der Waals surface area contributed by atoms with E-state index >= 15 is 0 Å². The number of nitrogens with one attached hydrogen (secondary N) is 1. The highest BCUT2D eigenvalue weighted by atomic mass is 16.5. The Balaban J connectivity index is 1.36. The molecule has 7 nitrogen and oxygen atoms in total. The van der Waals surface area contributed by atoms with E-state index in [0.29, 0.717) is 17.3 Å². The van der Waals surface area contributed by atoms with Gasteiger partial charge >= 0.3 is 5.97 Å². The topological polar surface area (TPSA) is 92.8 Å². The second kappa shape index (κ2) is 9.17. The Bertz CT molecular complexity index is 1110. The number of amides is 3. The lowest BCUT2D eigenvalue weighted by Crippen LogP contribution is -2.30. The smallest absolute Gasteiger partial charge is 0.338 e. The highest BCUT2D eigenvalue weighted by Crippen LogP contribution is 2.42. The maximum absolute atomic E-state index is 12.9. The van der Waals surface area contributed by atoms with Crippen LogP contribution in [-0.4, -0.2) is 30.3 Å². The number of benzene rings is 2. The molecule has 0 bridgehead atoms. The van der Waals surface area contributed by atoms with Gasteiger partial charge in [-0.3, -0.25) is 19.3 Å². The number of rotatable bonds is 5. The summed E-state index contributed by atoms with van der Waals surface area (Å²) in [6.45, 7) is 5.55. The number of imide groups is 1. The van der Waals surface area contributed by atoms with Crippen LogP contribution in [-0.2, 0) is 19.1 Å². The molecule has 2 aliphatic rings. The van der Waals surface area contributed by atoms with E-state index in [2.05, 4.69) is 12.2 Å². The van der Waals surface area contributed by atoms with Gasteiger partial charge in [-0.05, 0) is 74.9 Å². The van der Waals surface area contributed by atoms with Crippen molar-refractivity contribution < 1.29 is 23.9 Å². The maximum Gasteiger partial charge on any atom is 0.338 e. The third-order valence-electron chi connectivity index (χ3n) is 6.54. The first-order valence-corrected chi connectivity index (χ1v) is 11.3. The summed E-state index contributed by atoms with van der Waals surface area (Å²) in [7, 11) is 0. The van der Waals surface area contributed by atoms with E-state index in [9.17, 15) is 19.2 Å². The molecule has 1 heterocycles. The third kappa shape index (κ3) is 4.67. The number of fused-ring (bicyclic) bond motifs is 1. The molecule has 1 N–H and O–H groups in total. The Kier molecular flexibility index (Phi) is 6.31. The molecule has 2 aromatic carbocycles. The number of hydrogen-bond donors (Lipinski definition) is 1. The zero-order valence-electron chi connectivity index (χ0n) is 19.1. The number of aryl methyl sites for hydroxylation is 2. The van der Waals surface area contributed by atoms with E-state index in [1.54, 1.807) is 18.2 Å². The molecule has 1 aliphatic carbocycles. The minimum atomic E-state index is -0.654. The lowest BCUT2D eigenvalue weighted by molar-refractivity contribution is -0.122. The van der Waals surface area contributed by atoms with E-state index in [1.807, 2.05) is 26.0 Å². The fourth-order valence-electron chi connectivity index (χ4n) is 4.75. The fraction of sp³-hybridized carbons (Fsp3) is 0.385. The number of ether oxygens (including phenoxy) is 1. The van der Waals surface area contributed by atoms with Crippen molar-refractivity contribution in [2.24, 2.45) is 17.8 Å². The van der Waals surface area contributed by atoms with Gasteiger partial charge in [0, 0.05) is 5.69 Å². The molecule has 1 saturated heterocycles. The second-order valence-corrected chi connectivity index (χ2v) is 9.13. The summed E-state index contributed by atoms with van der Waals surface area (Å²) in [5.41, 5.74) is 3.37. The molecule has 1 saturated carbocycles. The number of anilines is 2. The average molecular weight is 449 g/mol. The van der Waals surface area contributed by atoms with E-state index in [0.717, 1.165) is 30.4 Å². The van der Waals surface area contributed by atoms with Gasteiger partial charge in [0.25, 0.3) is 5.91 Å². The molecule has 3 amide bonds. The predicted molar refractivity (Wildman–Crippen MR) is 124 cm³/mol. The number of carbonyl (C=O) groups excluding carboxylic acids is 4. The summed E-state index contributed by atoms with van der Waals surface area (Å²) in [5.74, 6) is -1.45. The Morgan fingerprint density at radius 2 is 1.70 bits per heavy atom. The predicted octanol–water partition coefficient (Wildman–Crippen LogP) is 4.02. The SMILES string of the molecule is Cc1ccc(NC(=O)COC(=O)c2ccc(N3C(=O)[C@@H]4CC[C@H](C)C[C@H]4C3=O)cc2)c(C)c1. The highest BCUT2D eigenvalue weighted by molar-refractivity contribution is 6.22. The summed E-state index contributed by atoms with van der Waals surface area (Å²) in [6.07, 6.45) is 2.43. The molecule has 0 unspecified atom stereocenters. The van der Waals surface area contributed by atoms with E-state index < -0.39 is 18.5 Å². The molecule has 2 aromatic rings. The van der Waals surface area contributed by atoms with Gasteiger partial charge in [0.1, 0.15) is 0 Å². The van der Waals surface area contributed by atoms with Crippen molar-refractivity contribution in [1.29, 1.82) is 0 Å². The highest BCUT2D eigenvalue weighted by Gasteiger charge is 2.49. The Morgan fingerprint density at radius 3 is 2.39 bits per heavy atom. The largest absolute Gasteiger partial charge is 0.452 e. The van der Waals surface area contributed by atoms with Crippen LogP contribution in [0.25, 0.3) is 0 Å². The number of nitrogens with zero attached hydrogens (tertiary/aromatic N) is 1. The number of hydrogen-bond acceptors (Lipinski definition) is 5. The molecule has 33 heavy (non-hydrogen) atoms. The molecule has 0 spiro atoms. The second-order valence-electron chi connectivity index (χ2n) is 9.13. The van der Waals surface area contributed by atoms with Crippen LogP contribution in [0.15, 0.2) is 42.5 Å². The third-order valence-corrected chi connectivity index (χ3v) is 6.54. The van der Waals surface area contributed by atoms with Crippen LogP contribution >= 0.6 is 0 Å². The minimum Gasteiger partial charge on any atom is -0.452 e. The molecule has 7 heteroatoms. The molecule has 4 rings (SSSR count). The quantitative estimate of drug-likeness (QED) is 0.551. The van der Waals surface area contributed by atoms with Gasteiger partial charge in [0.2, 0.25) is 11.8 Å². The van der Waals surface area contributed by atoms with Crippen molar-refractivity contribution in [3.8, 4) is 0 Å².